The summed E-state index contributed by atoms with van der Waals surface area (Å²) in [5.41, 5.74) is 2.86. The summed E-state index contributed by atoms with van der Waals surface area (Å²) in [7, 11) is 5.32. The molecule has 0 atom stereocenters. The topological polar surface area (TPSA) is 50.8 Å². The fraction of sp³-hybridized carbons (Fsp3) is 0.435. The number of benzene rings is 2. The highest BCUT2D eigenvalue weighted by atomic mass is 16.5. The normalized spacial score (nSPS) is 14.4. The molecule has 0 spiro atoms. The van der Waals surface area contributed by atoms with Gasteiger partial charge in [-0.1, -0.05) is 31.4 Å². The van der Waals surface area contributed by atoms with Gasteiger partial charge in [0.2, 0.25) is 0 Å². The summed E-state index contributed by atoms with van der Waals surface area (Å²) < 4.78 is 10.5. The van der Waals surface area contributed by atoms with Crippen LogP contribution < -0.4 is 19.7 Å². The van der Waals surface area contributed by atoms with Gasteiger partial charge < -0.3 is 19.7 Å². The summed E-state index contributed by atoms with van der Waals surface area (Å²) in [6.45, 7) is 0.487. The maximum atomic E-state index is 12.5. The largest absolute Gasteiger partial charge is 0.493 e. The summed E-state index contributed by atoms with van der Waals surface area (Å²) in [5.74, 6) is 1.02. The first kappa shape index (κ1) is 20.1. The van der Waals surface area contributed by atoms with Crippen molar-refractivity contribution in [2.24, 2.45) is 0 Å². The third-order valence-electron chi connectivity index (χ3n) is 5.56. The lowest BCUT2D eigenvalue weighted by molar-refractivity contribution is 0.0950. The summed E-state index contributed by atoms with van der Waals surface area (Å²) in [6.07, 6.45) is 6.58. The first-order valence-electron chi connectivity index (χ1n) is 9.94. The average molecular weight is 383 g/mol. The molecular formula is C23H30N2O3. The number of carbonyl (C=O) groups is 1. The van der Waals surface area contributed by atoms with Crippen molar-refractivity contribution in [2.45, 2.75) is 44.7 Å². The third-order valence-corrected chi connectivity index (χ3v) is 5.56. The van der Waals surface area contributed by atoms with Crippen LogP contribution in [-0.4, -0.2) is 33.2 Å². The van der Waals surface area contributed by atoms with E-state index in [1.54, 1.807) is 32.4 Å². The Morgan fingerprint density at radius 2 is 1.68 bits per heavy atom. The molecule has 0 saturated heterocycles. The Labute approximate surface area is 167 Å². The van der Waals surface area contributed by atoms with Crippen molar-refractivity contribution in [1.82, 2.24) is 5.32 Å². The molecule has 0 aromatic heterocycles. The highest BCUT2D eigenvalue weighted by Gasteiger charge is 2.18. The van der Waals surface area contributed by atoms with Gasteiger partial charge in [-0.25, -0.2) is 0 Å². The van der Waals surface area contributed by atoms with E-state index in [4.69, 9.17) is 9.47 Å². The maximum absolute atomic E-state index is 12.5. The fourth-order valence-corrected chi connectivity index (χ4v) is 3.79. The van der Waals surface area contributed by atoms with Crippen LogP contribution in [0.3, 0.4) is 0 Å². The summed E-state index contributed by atoms with van der Waals surface area (Å²) in [4.78, 5) is 14.8. The van der Waals surface area contributed by atoms with Gasteiger partial charge in [-0.05, 0) is 48.7 Å². The molecule has 5 nitrogen and oxygen atoms in total. The van der Waals surface area contributed by atoms with Gasteiger partial charge in [-0.2, -0.15) is 0 Å². The van der Waals surface area contributed by atoms with E-state index in [2.05, 4.69) is 41.5 Å². The van der Waals surface area contributed by atoms with Crippen molar-refractivity contribution >= 4 is 11.6 Å². The van der Waals surface area contributed by atoms with Crippen LogP contribution in [0.4, 0.5) is 5.69 Å². The number of nitrogens with one attached hydrogen (secondary N) is 1. The molecule has 2 aromatic rings. The smallest absolute Gasteiger partial charge is 0.251 e. The first-order chi connectivity index (χ1) is 13.6. The zero-order chi connectivity index (χ0) is 19.9. The molecule has 0 aliphatic heterocycles. The number of ether oxygens (including phenoxy) is 2. The van der Waals surface area contributed by atoms with E-state index in [-0.39, 0.29) is 5.91 Å². The molecule has 1 saturated carbocycles. The third kappa shape index (κ3) is 4.77. The van der Waals surface area contributed by atoms with E-state index in [0.717, 1.165) is 5.56 Å². The summed E-state index contributed by atoms with van der Waals surface area (Å²) in [6, 6.07) is 14.3. The SMILES string of the molecule is COc1ccc(C(=O)NCc2ccc(N(C)C3CCCCC3)cc2)cc1OC. The molecule has 0 radical (unpaired) electrons. The zero-order valence-corrected chi connectivity index (χ0v) is 17.0. The van der Waals surface area contributed by atoms with E-state index in [0.29, 0.717) is 29.6 Å². The van der Waals surface area contributed by atoms with Crippen molar-refractivity contribution < 1.29 is 14.3 Å². The lowest BCUT2D eigenvalue weighted by atomic mass is 9.94. The second-order valence-corrected chi connectivity index (χ2v) is 7.32. The van der Waals surface area contributed by atoms with Gasteiger partial charge in [-0.15, -0.1) is 0 Å². The van der Waals surface area contributed by atoms with Gasteiger partial charge in [0.1, 0.15) is 0 Å². The van der Waals surface area contributed by atoms with E-state index in [1.165, 1.54) is 37.8 Å². The molecular weight excluding hydrogens is 352 g/mol. The number of amides is 1. The van der Waals surface area contributed by atoms with Gasteiger partial charge in [0, 0.05) is 30.9 Å². The molecule has 1 N–H and O–H groups in total. The van der Waals surface area contributed by atoms with Crippen LogP contribution in [0.2, 0.25) is 0 Å². The van der Waals surface area contributed by atoms with Crippen LogP contribution in [0.15, 0.2) is 42.5 Å². The average Bonchev–Trinajstić information content (AvgIpc) is 2.77. The minimum atomic E-state index is -0.135. The van der Waals surface area contributed by atoms with Gasteiger partial charge in [-0.3, -0.25) is 4.79 Å². The molecule has 150 valence electrons. The molecule has 0 bridgehead atoms. The van der Waals surface area contributed by atoms with Crippen molar-refractivity contribution in [2.75, 3.05) is 26.2 Å². The van der Waals surface area contributed by atoms with Gasteiger partial charge >= 0.3 is 0 Å². The monoisotopic (exact) mass is 382 g/mol. The lowest BCUT2D eigenvalue weighted by Gasteiger charge is -2.33. The van der Waals surface area contributed by atoms with E-state index < -0.39 is 0 Å². The second kappa shape index (κ2) is 9.49. The van der Waals surface area contributed by atoms with Gasteiger partial charge in [0.25, 0.3) is 5.91 Å². The van der Waals surface area contributed by atoms with Crippen LogP contribution in [0.25, 0.3) is 0 Å². The van der Waals surface area contributed by atoms with E-state index >= 15 is 0 Å². The zero-order valence-electron chi connectivity index (χ0n) is 17.0. The Bertz CT molecular complexity index is 783. The molecule has 3 rings (SSSR count). The quantitative estimate of drug-likeness (QED) is 0.771. The first-order valence-corrected chi connectivity index (χ1v) is 9.94. The van der Waals surface area contributed by atoms with Crippen molar-refractivity contribution in [1.29, 1.82) is 0 Å². The molecule has 0 unspecified atom stereocenters. The number of methoxy groups -OCH3 is 2. The van der Waals surface area contributed by atoms with Crippen LogP contribution in [-0.2, 0) is 6.54 Å². The molecule has 28 heavy (non-hydrogen) atoms. The van der Waals surface area contributed by atoms with Crippen LogP contribution in [0.1, 0.15) is 48.0 Å². The Morgan fingerprint density at radius 1 is 1.00 bits per heavy atom. The van der Waals surface area contributed by atoms with Crippen LogP contribution in [0, 0.1) is 0 Å². The minimum Gasteiger partial charge on any atom is -0.493 e. The Hall–Kier alpha value is -2.69. The Kier molecular flexibility index (Phi) is 6.80. The Morgan fingerprint density at radius 3 is 2.32 bits per heavy atom. The molecule has 1 fully saturated rings. The maximum Gasteiger partial charge on any atom is 0.251 e. The fourth-order valence-electron chi connectivity index (χ4n) is 3.79. The van der Waals surface area contributed by atoms with Gasteiger partial charge in [0.05, 0.1) is 14.2 Å². The number of carbonyl (C=O) groups excluding carboxylic acids is 1. The van der Waals surface area contributed by atoms with Crippen LogP contribution in [0.5, 0.6) is 11.5 Å². The molecule has 1 aliphatic rings. The number of rotatable bonds is 7. The van der Waals surface area contributed by atoms with Gasteiger partial charge in [0.15, 0.2) is 11.5 Å². The molecule has 2 aromatic carbocycles. The summed E-state index contributed by atoms with van der Waals surface area (Å²) in [5, 5.41) is 2.97. The predicted octanol–water partition coefficient (Wildman–Crippen LogP) is 4.40. The number of hydrogen-bond acceptors (Lipinski definition) is 4. The lowest BCUT2D eigenvalue weighted by Crippen LogP contribution is -2.33. The van der Waals surface area contributed by atoms with Crippen molar-refractivity contribution in [3.63, 3.8) is 0 Å². The van der Waals surface area contributed by atoms with Crippen LogP contribution >= 0.6 is 0 Å². The predicted molar refractivity (Wildman–Crippen MR) is 112 cm³/mol. The van der Waals surface area contributed by atoms with E-state index in [9.17, 15) is 4.79 Å². The number of hydrogen-bond donors (Lipinski definition) is 1. The number of anilines is 1. The van der Waals surface area contributed by atoms with E-state index in [1.807, 2.05) is 0 Å². The molecule has 5 heteroatoms. The Balaban J connectivity index is 1.58. The van der Waals surface area contributed by atoms with Crippen molar-refractivity contribution in [3.05, 3.63) is 53.6 Å². The molecule has 0 heterocycles. The standard InChI is InChI=1S/C23H30N2O3/c1-25(19-7-5-4-6-8-19)20-12-9-17(10-13-20)16-24-23(26)18-11-14-21(27-2)22(15-18)28-3/h9-15,19H,4-8,16H2,1-3H3,(H,24,26). The highest BCUT2D eigenvalue weighted by molar-refractivity contribution is 5.94. The minimum absolute atomic E-state index is 0.135. The molecule has 1 amide bonds. The second-order valence-electron chi connectivity index (χ2n) is 7.32. The molecule has 1 aliphatic carbocycles. The summed E-state index contributed by atoms with van der Waals surface area (Å²) >= 11 is 0. The number of nitrogens with zero attached hydrogens (tertiary/aromatic N) is 1. The highest BCUT2D eigenvalue weighted by Crippen LogP contribution is 2.28. The van der Waals surface area contributed by atoms with Crippen molar-refractivity contribution in [3.8, 4) is 11.5 Å².